The molecule has 1 rings (SSSR count). The lowest BCUT2D eigenvalue weighted by Gasteiger charge is -2.11. The molecule has 108 valence electrons. The van der Waals surface area contributed by atoms with Crippen LogP contribution >= 0.6 is 0 Å². The smallest absolute Gasteiger partial charge is 0.142 e. The normalized spacial score (nSPS) is 10.6. The summed E-state index contributed by atoms with van der Waals surface area (Å²) in [5, 5.41) is 3.37. The van der Waals surface area contributed by atoms with Crippen LogP contribution in [0.3, 0.4) is 0 Å². The number of aromatic nitrogens is 1. The van der Waals surface area contributed by atoms with Gasteiger partial charge in [0.15, 0.2) is 0 Å². The van der Waals surface area contributed by atoms with E-state index in [0.717, 1.165) is 50.3 Å². The fraction of sp³-hybridized carbons (Fsp3) is 0.667. The van der Waals surface area contributed by atoms with Crippen molar-refractivity contribution in [2.24, 2.45) is 0 Å². The summed E-state index contributed by atoms with van der Waals surface area (Å²) < 4.78 is 11.2. The van der Waals surface area contributed by atoms with Gasteiger partial charge < -0.3 is 14.8 Å². The standard InChI is InChI=1S/C15H26N2O2/c1-3-5-9-18-10-11-19-15-13-17-8-6-14(15)12-16-7-4-2/h6,8,13,16H,3-5,7,9-12H2,1-2H3. The molecular formula is C15H26N2O2. The van der Waals surface area contributed by atoms with Gasteiger partial charge in [0.05, 0.1) is 12.8 Å². The van der Waals surface area contributed by atoms with Crippen molar-refractivity contribution in [3.05, 3.63) is 24.0 Å². The van der Waals surface area contributed by atoms with Gasteiger partial charge in [0.2, 0.25) is 0 Å². The summed E-state index contributed by atoms with van der Waals surface area (Å²) in [6.45, 7) is 8.19. The van der Waals surface area contributed by atoms with Crippen LogP contribution in [0.25, 0.3) is 0 Å². The number of hydrogen-bond donors (Lipinski definition) is 1. The van der Waals surface area contributed by atoms with E-state index >= 15 is 0 Å². The Labute approximate surface area is 116 Å². The number of unbranched alkanes of at least 4 members (excludes halogenated alkanes) is 1. The Balaban J connectivity index is 2.27. The first kappa shape index (κ1) is 15.9. The molecule has 4 nitrogen and oxygen atoms in total. The van der Waals surface area contributed by atoms with Gasteiger partial charge in [0.25, 0.3) is 0 Å². The van der Waals surface area contributed by atoms with E-state index in [4.69, 9.17) is 9.47 Å². The minimum atomic E-state index is 0.580. The van der Waals surface area contributed by atoms with Gasteiger partial charge in [-0.3, -0.25) is 4.98 Å². The van der Waals surface area contributed by atoms with Gasteiger partial charge in [-0.05, 0) is 25.5 Å². The van der Waals surface area contributed by atoms with Gasteiger partial charge in [-0.15, -0.1) is 0 Å². The molecule has 0 aliphatic heterocycles. The highest BCUT2D eigenvalue weighted by Crippen LogP contribution is 2.15. The molecule has 0 amide bonds. The Morgan fingerprint density at radius 1 is 1.16 bits per heavy atom. The predicted molar refractivity (Wildman–Crippen MR) is 77.5 cm³/mol. The molecule has 19 heavy (non-hydrogen) atoms. The topological polar surface area (TPSA) is 43.4 Å². The zero-order valence-corrected chi connectivity index (χ0v) is 12.2. The van der Waals surface area contributed by atoms with Crippen molar-refractivity contribution in [1.29, 1.82) is 0 Å². The lowest BCUT2D eigenvalue weighted by molar-refractivity contribution is 0.0975. The molecule has 0 saturated heterocycles. The molecule has 0 atom stereocenters. The van der Waals surface area contributed by atoms with Crippen LogP contribution in [-0.4, -0.2) is 31.3 Å². The second-order valence-electron chi connectivity index (χ2n) is 4.47. The van der Waals surface area contributed by atoms with Crippen molar-refractivity contribution < 1.29 is 9.47 Å². The third kappa shape index (κ3) is 7.13. The molecule has 1 heterocycles. The van der Waals surface area contributed by atoms with Crippen LogP contribution in [0.5, 0.6) is 5.75 Å². The van der Waals surface area contributed by atoms with E-state index < -0.39 is 0 Å². The zero-order valence-electron chi connectivity index (χ0n) is 12.2. The van der Waals surface area contributed by atoms with E-state index in [2.05, 4.69) is 24.1 Å². The summed E-state index contributed by atoms with van der Waals surface area (Å²) in [5.74, 6) is 0.852. The maximum absolute atomic E-state index is 5.72. The minimum absolute atomic E-state index is 0.580. The van der Waals surface area contributed by atoms with Crippen molar-refractivity contribution in [1.82, 2.24) is 10.3 Å². The van der Waals surface area contributed by atoms with Gasteiger partial charge in [0.1, 0.15) is 12.4 Å². The molecule has 0 spiro atoms. The van der Waals surface area contributed by atoms with Gasteiger partial charge >= 0.3 is 0 Å². The maximum Gasteiger partial charge on any atom is 0.142 e. The van der Waals surface area contributed by atoms with E-state index in [1.54, 1.807) is 12.4 Å². The van der Waals surface area contributed by atoms with Crippen molar-refractivity contribution in [2.45, 2.75) is 39.7 Å². The highest BCUT2D eigenvalue weighted by atomic mass is 16.5. The van der Waals surface area contributed by atoms with Crippen LogP contribution in [0.4, 0.5) is 0 Å². The third-order valence-corrected chi connectivity index (χ3v) is 2.74. The molecule has 1 N–H and O–H groups in total. The second-order valence-corrected chi connectivity index (χ2v) is 4.47. The molecule has 0 unspecified atom stereocenters. The fourth-order valence-corrected chi connectivity index (χ4v) is 1.64. The third-order valence-electron chi connectivity index (χ3n) is 2.74. The Morgan fingerprint density at radius 2 is 2.05 bits per heavy atom. The summed E-state index contributed by atoms with van der Waals surface area (Å²) in [7, 11) is 0. The lowest BCUT2D eigenvalue weighted by atomic mass is 10.2. The molecule has 0 aliphatic rings. The number of rotatable bonds is 11. The highest BCUT2D eigenvalue weighted by Gasteiger charge is 2.02. The monoisotopic (exact) mass is 266 g/mol. The van der Waals surface area contributed by atoms with E-state index in [0.29, 0.717) is 13.2 Å². The summed E-state index contributed by atoms with van der Waals surface area (Å²) in [4.78, 5) is 4.11. The van der Waals surface area contributed by atoms with E-state index in [1.165, 1.54) is 0 Å². The predicted octanol–water partition coefficient (Wildman–Crippen LogP) is 2.78. The minimum Gasteiger partial charge on any atom is -0.489 e. The molecular weight excluding hydrogens is 240 g/mol. The SMILES string of the molecule is CCCCOCCOc1cnccc1CNCCC. The number of pyridine rings is 1. The molecule has 4 heteroatoms. The highest BCUT2D eigenvalue weighted by molar-refractivity contribution is 5.29. The van der Waals surface area contributed by atoms with Crippen LogP contribution in [0, 0.1) is 0 Å². The summed E-state index contributed by atoms with van der Waals surface area (Å²) in [5.41, 5.74) is 1.15. The average Bonchev–Trinajstić information content (AvgIpc) is 2.44. The summed E-state index contributed by atoms with van der Waals surface area (Å²) in [6, 6.07) is 2.00. The number of nitrogens with one attached hydrogen (secondary N) is 1. The molecule has 1 aromatic rings. The zero-order chi connectivity index (χ0) is 13.8. The average molecular weight is 266 g/mol. The molecule has 0 aromatic carbocycles. The quantitative estimate of drug-likeness (QED) is 0.625. The fourth-order valence-electron chi connectivity index (χ4n) is 1.64. The molecule has 0 saturated carbocycles. The van der Waals surface area contributed by atoms with Crippen LogP contribution in [0.2, 0.25) is 0 Å². The first-order valence-corrected chi connectivity index (χ1v) is 7.22. The van der Waals surface area contributed by atoms with Crippen LogP contribution < -0.4 is 10.1 Å². The Hall–Kier alpha value is -1.13. The number of nitrogens with zero attached hydrogens (tertiary/aromatic N) is 1. The molecule has 0 bridgehead atoms. The van der Waals surface area contributed by atoms with Crippen molar-refractivity contribution >= 4 is 0 Å². The van der Waals surface area contributed by atoms with Crippen molar-refractivity contribution in [3.63, 3.8) is 0 Å². The molecule has 0 radical (unpaired) electrons. The molecule has 1 aromatic heterocycles. The maximum atomic E-state index is 5.72. The van der Waals surface area contributed by atoms with Gasteiger partial charge in [-0.25, -0.2) is 0 Å². The van der Waals surface area contributed by atoms with Gasteiger partial charge in [-0.2, -0.15) is 0 Å². The second kappa shape index (κ2) is 10.8. The van der Waals surface area contributed by atoms with Crippen LogP contribution in [0.15, 0.2) is 18.5 Å². The first-order valence-electron chi connectivity index (χ1n) is 7.22. The van der Waals surface area contributed by atoms with Gasteiger partial charge in [0, 0.05) is 24.9 Å². The Kier molecular flexibility index (Phi) is 9.02. The summed E-state index contributed by atoms with van der Waals surface area (Å²) >= 11 is 0. The largest absolute Gasteiger partial charge is 0.489 e. The van der Waals surface area contributed by atoms with Crippen LogP contribution in [0.1, 0.15) is 38.7 Å². The first-order chi connectivity index (χ1) is 9.38. The Bertz CT molecular complexity index is 332. The van der Waals surface area contributed by atoms with Crippen molar-refractivity contribution in [2.75, 3.05) is 26.4 Å². The number of hydrogen-bond acceptors (Lipinski definition) is 4. The lowest BCUT2D eigenvalue weighted by Crippen LogP contribution is -2.15. The van der Waals surface area contributed by atoms with Crippen molar-refractivity contribution in [3.8, 4) is 5.75 Å². The van der Waals surface area contributed by atoms with E-state index in [1.807, 2.05) is 6.07 Å². The molecule has 0 aliphatic carbocycles. The molecule has 0 fully saturated rings. The van der Waals surface area contributed by atoms with Gasteiger partial charge in [-0.1, -0.05) is 20.3 Å². The Morgan fingerprint density at radius 3 is 2.84 bits per heavy atom. The number of ether oxygens (including phenoxy) is 2. The summed E-state index contributed by atoms with van der Waals surface area (Å²) in [6.07, 6.45) is 6.98. The van der Waals surface area contributed by atoms with E-state index in [-0.39, 0.29) is 0 Å². The van der Waals surface area contributed by atoms with Crippen LogP contribution in [-0.2, 0) is 11.3 Å². The van der Waals surface area contributed by atoms with E-state index in [9.17, 15) is 0 Å².